The first-order chi connectivity index (χ1) is 10.2. The molecule has 0 aliphatic carbocycles. The third kappa shape index (κ3) is 3.04. The minimum absolute atomic E-state index is 0.126. The zero-order chi connectivity index (χ0) is 14.8. The van der Waals surface area contributed by atoms with Crippen LogP contribution in [0.4, 0.5) is 0 Å². The SMILES string of the molecule is CCN1CCC(NC(=O)c2n[nH]c3ccc(Cl)cc23)CC1. The van der Waals surface area contributed by atoms with Gasteiger partial charge in [-0.25, -0.2) is 0 Å². The number of amides is 1. The summed E-state index contributed by atoms with van der Waals surface area (Å²) in [6.07, 6.45) is 1.98. The number of rotatable bonds is 3. The molecule has 21 heavy (non-hydrogen) atoms. The standard InChI is InChI=1S/C15H19ClN4O/c1-2-20-7-5-11(6-8-20)17-15(21)14-12-9-10(16)3-4-13(12)18-19-14/h3-4,9,11H,2,5-8H2,1H3,(H,17,21)(H,18,19). The average molecular weight is 307 g/mol. The first-order valence-corrected chi connectivity index (χ1v) is 7.72. The molecule has 2 heterocycles. The average Bonchev–Trinajstić information content (AvgIpc) is 2.91. The number of halogens is 1. The summed E-state index contributed by atoms with van der Waals surface area (Å²) in [6.45, 7) is 5.31. The predicted octanol–water partition coefficient (Wildman–Crippen LogP) is 2.43. The molecule has 1 aromatic heterocycles. The summed E-state index contributed by atoms with van der Waals surface area (Å²) in [5, 5.41) is 11.5. The number of fused-ring (bicyclic) bond motifs is 1. The van der Waals surface area contributed by atoms with Crippen LogP contribution in [-0.4, -0.2) is 46.7 Å². The van der Waals surface area contributed by atoms with Crippen LogP contribution in [0.25, 0.3) is 10.9 Å². The lowest BCUT2D eigenvalue weighted by molar-refractivity contribution is 0.0909. The predicted molar refractivity (Wildman–Crippen MR) is 83.7 cm³/mol. The highest BCUT2D eigenvalue weighted by molar-refractivity contribution is 6.31. The molecule has 0 radical (unpaired) electrons. The lowest BCUT2D eigenvalue weighted by Gasteiger charge is -2.31. The Kier molecular flexibility index (Phi) is 4.12. The number of carbonyl (C=O) groups is 1. The van der Waals surface area contributed by atoms with Gasteiger partial charge in [-0.05, 0) is 37.6 Å². The second-order valence-electron chi connectivity index (χ2n) is 5.44. The fraction of sp³-hybridized carbons (Fsp3) is 0.467. The molecule has 0 atom stereocenters. The maximum absolute atomic E-state index is 12.4. The number of aromatic amines is 1. The van der Waals surface area contributed by atoms with Gasteiger partial charge >= 0.3 is 0 Å². The number of piperidine rings is 1. The lowest BCUT2D eigenvalue weighted by Crippen LogP contribution is -2.44. The first-order valence-electron chi connectivity index (χ1n) is 7.34. The number of carbonyl (C=O) groups excluding carboxylic acids is 1. The van der Waals surface area contributed by atoms with Crippen molar-refractivity contribution >= 4 is 28.4 Å². The topological polar surface area (TPSA) is 61.0 Å². The largest absolute Gasteiger partial charge is 0.348 e. The van der Waals surface area contributed by atoms with Crippen molar-refractivity contribution in [3.63, 3.8) is 0 Å². The van der Waals surface area contributed by atoms with Crippen molar-refractivity contribution in [1.29, 1.82) is 0 Å². The van der Waals surface area contributed by atoms with Crippen molar-refractivity contribution < 1.29 is 4.79 Å². The Bertz CT molecular complexity index is 646. The van der Waals surface area contributed by atoms with Gasteiger partial charge in [0.05, 0.1) is 5.52 Å². The Morgan fingerprint density at radius 2 is 2.24 bits per heavy atom. The van der Waals surface area contributed by atoms with Crippen LogP contribution in [0.15, 0.2) is 18.2 Å². The summed E-state index contributed by atoms with van der Waals surface area (Å²) < 4.78 is 0. The van der Waals surface area contributed by atoms with E-state index in [1.165, 1.54) is 0 Å². The highest BCUT2D eigenvalue weighted by Gasteiger charge is 2.22. The monoisotopic (exact) mass is 306 g/mol. The molecular weight excluding hydrogens is 288 g/mol. The van der Waals surface area contributed by atoms with Gasteiger partial charge in [0.15, 0.2) is 5.69 Å². The number of hydrogen-bond donors (Lipinski definition) is 2. The number of aromatic nitrogens is 2. The van der Waals surface area contributed by atoms with Crippen LogP contribution >= 0.6 is 11.6 Å². The molecule has 1 amide bonds. The van der Waals surface area contributed by atoms with Crippen molar-refractivity contribution in [2.45, 2.75) is 25.8 Å². The first kappa shape index (κ1) is 14.4. The molecule has 0 unspecified atom stereocenters. The number of nitrogens with one attached hydrogen (secondary N) is 2. The van der Waals surface area contributed by atoms with E-state index >= 15 is 0 Å². The fourth-order valence-electron chi connectivity index (χ4n) is 2.81. The molecule has 6 heteroatoms. The van der Waals surface area contributed by atoms with Crippen molar-refractivity contribution in [1.82, 2.24) is 20.4 Å². The molecule has 1 aliphatic rings. The summed E-state index contributed by atoms with van der Waals surface area (Å²) >= 11 is 6.00. The highest BCUT2D eigenvalue weighted by atomic mass is 35.5. The molecular formula is C15H19ClN4O. The molecule has 5 nitrogen and oxygen atoms in total. The molecule has 1 aliphatic heterocycles. The summed E-state index contributed by atoms with van der Waals surface area (Å²) in [6, 6.07) is 5.62. The number of hydrogen-bond acceptors (Lipinski definition) is 3. The molecule has 1 aromatic carbocycles. The van der Waals surface area contributed by atoms with E-state index in [-0.39, 0.29) is 11.9 Å². The molecule has 1 fully saturated rings. The van der Waals surface area contributed by atoms with Gasteiger partial charge in [0.25, 0.3) is 5.91 Å². The van der Waals surface area contributed by atoms with Gasteiger partial charge in [-0.3, -0.25) is 9.89 Å². The second-order valence-corrected chi connectivity index (χ2v) is 5.88. The molecule has 2 N–H and O–H groups in total. The molecule has 0 saturated carbocycles. The zero-order valence-corrected chi connectivity index (χ0v) is 12.8. The number of benzene rings is 1. The number of H-pyrrole nitrogens is 1. The van der Waals surface area contributed by atoms with E-state index in [1.807, 2.05) is 6.07 Å². The zero-order valence-electron chi connectivity index (χ0n) is 12.0. The smallest absolute Gasteiger partial charge is 0.272 e. The van der Waals surface area contributed by atoms with Crippen molar-refractivity contribution in [2.75, 3.05) is 19.6 Å². The van der Waals surface area contributed by atoms with Crippen LogP contribution in [-0.2, 0) is 0 Å². The summed E-state index contributed by atoms with van der Waals surface area (Å²) in [5.41, 5.74) is 1.25. The molecule has 0 spiro atoms. The van der Waals surface area contributed by atoms with E-state index in [0.717, 1.165) is 43.4 Å². The minimum atomic E-state index is -0.126. The Labute approximate surface area is 128 Å². The normalized spacial score (nSPS) is 17.2. The third-order valence-corrected chi connectivity index (χ3v) is 4.35. The van der Waals surface area contributed by atoms with Crippen molar-refractivity contribution in [3.05, 3.63) is 28.9 Å². The van der Waals surface area contributed by atoms with Gasteiger partial charge < -0.3 is 10.2 Å². The van der Waals surface area contributed by atoms with Gasteiger partial charge in [0, 0.05) is 29.5 Å². The minimum Gasteiger partial charge on any atom is -0.348 e. The second kappa shape index (κ2) is 6.03. The Hall–Kier alpha value is -1.59. The van der Waals surface area contributed by atoms with E-state index in [1.54, 1.807) is 12.1 Å². The molecule has 2 aromatic rings. The van der Waals surface area contributed by atoms with Crippen molar-refractivity contribution in [3.8, 4) is 0 Å². The van der Waals surface area contributed by atoms with Crippen LogP contribution in [0.1, 0.15) is 30.3 Å². The van der Waals surface area contributed by atoms with Gasteiger partial charge in [0.1, 0.15) is 0 Å². The van der Waals surface area contributed by atoms with E-state index in [9.17, 15) is 4.79 Å². The van der Waals surface area contributed by atoms with Crippen LogP contribution in [0.2, 0.25) is 5.02 Å². The molecule has 112 valence electrons. The Balaban J connectivity index is 1.71. The van der Waals surface area contributed by atoms with Gasteiger partial charge in [-0.1, -0.05) is 18.5 Å². The van der Waals surface area contributed by atoms with E-state index in [4.69, 9.17) is 11.6 Å². The van der Waals surface area contributed by atoms with Crippen LogP contribution in [0.5, 0.6) is 0 Å². The Morgan fingerprint density at radius 1 is 1.48 bits per heavy atom. The lowest BCUT2D eigenvalue weighted by atomic mass is 10.0. The van der Waals surface area contributed by atoms with E-state index in [0.29, 0.717) is 10.7 Å². The van der Waals surface area contributed by atoms with E-state index < -0.39 is 0 Å². The van der Waals surface area contributed by atoms with Gasteiger partial charge in [-0.2, -0.15) is 5.10 Å². The maximum Gasteiger partial charge on any atom is 0.272 e. The number of nitrogens with zero attached hydrogens (tertiary/aromatic N) is 2. The number of likely N-dealkylation sites (tertiary alicyclic amines) is 1. The summed E-state index contributed by atoms with van der Waals surface area (Å²) in [5.74, 6) is -0.126. The maximum atomic E-state index is 12.4. The van der Waals surface area contributed by atoms with E-state index in [2.05, 4.69) is 27.3 Å². The van der Waals surface area contributed by atoms with Gasteiger partial charge in [0.2, 0.25) is 0 Å². The summed E-state index contributed by atoms with van der Waals surface area (Å²) in [4.78, 5) is 14.8. The van der Waals surface area contributed by atoms with Crippen LogP contribution in [0, 0.1) is 0 Å². The van der Waals surface area contributed by atoms with Gasteiger partial charge in [-0.15, -0.1) is 0 Å². The third-order valence-electron chi connectivity index (χ3n) is 4.11. The fourth-order valence-corrected chi connectivity index (χ4v) is 2.98. The Morgan fingerprint density at radius 3 is 2.95 bits per heavy atom. The molecule has 1 saturated heterocycles. The van der Waals surface area contributed by atoms with Crippen LogP contribution < -0.4 is 5.32 Å². The highest BCUT2D eigenvalue weighted by Crippen LogP contribution is 2.21. The summed E-state index contributed by atoms with van der Waals surface area (Å²) in [7, 11) is 0. The molecule has 0 bridgehead atoms. The molecule has 3 rings (SSSR count). The van der Waals surface area contributed by atoms with Crippen LogP contribution in [0.3, 0.4) is 0 Å². The van der Waals surface area contributed by atoms with Crippen molar-refractivity contribution in [2.24, 2.45) is 0 Å². The quantitative estimate of drug-likeness (QED) is 0.915.